The van der Waals surface area contributed by atoms with Gasteiger partial charge in [0.15, 0.2) is 0 Å². The van der Waals surface area contributed by atoms with Crippen molar-refractivity contribution in [1.29, 1.82) is 0 Å². The first-order valence-electron chi connectivity index (χ1n) is 7.29. The molecule has 0 radical (unpaired) electrons. The van der Waals surface area contributed by atoms with Crippen molar-refractivity contribution in [3.63, 3.8) is 0 Å². The van der Waals surface area contributed by atoms with E-state index in [9.17, 15) is 4.79 Å². The second kappa shape index (κ2) is 5.77. The number of nitrogens with zero attached hydrogens (tertiary/aromatic N) is 1. The first-order chi connectivity index (χ1) is 10.1. The summed E-state index contributed by atoms with van der Waals surface area (Å²) in [5.74, 6) is 0.468. The molecule has 0 spiro atoms. The van der Waals surface area contributed by atoms with Gasteiger partial charge in [0.05, 0.1) is 6.61 Å². The second-order valence-corrected chi connectivity index (χ2v) is 5.79. The fourth-order valence-corrected chi connectivity index (χ4v) is 2.76. The number of benzene rings is 1. The number of nitrogens with one attached hydrogen (secondary N) is 1. The number of hydrogen-bond acceptors (Lipinski definition) is 3. The van der Waals surface area contributed by atoms with Crippen LogP contribution in [0.5, 0.6) is 5.75 Å². The van der Waals surface area contributed by atoms with E-state index in [1.54, 1.807) is 6.07 Å². The molecule has 0 saturated carbocycles. The Morgan fingerprint density at radius 1 is 1.38 bits per heavy atom. The molecule has 5 nitrogen and oxygen atoms in total. The van der Waals surface area contributed by atoms with Crippen LogP contribution in [0.3, 0.4) is 0 Å². The van der Waals surface area contributed by atoms with Gasteiger partial charge in [0.25, 0.3) is 0 Å². The lowest BCUT2D eigenvalue weighted by Gasteiger charge is -2.28. The van der Waals surface area contributed by atoms with Crippen LogP contribution in [-0.4, -0.2) is 47.7 Å². The van der Waals surface area contributed by atoms with Crippen LogP contribution in [0.1, 0.15) is 23.3 Å². The largest absolute Gasteiger partial charge is 0.493 e. The van der Waals surface area contributed by atoms with Crippen molar-refractivity contribution in [3.05, 3.63) is 30.0 Å². The zero-order valence-electron chi connectivity index (χ0n) is 12.1. The van der Waals surface area contributed by atoms with Crippen molar-refractivity contribution < 1.29 is 14.6 Å². The minimum atomic E-state index is -0.944. The third kappa shape index (κ3) is 3.19. The van der Waals surface area contributed by atoms with Crippen LogP contribution in [0.25, 0.3) is 10.9 Å². The highest BCUT2D eigenvalue weighted by molar-refractivity contribution is 5.94. The number of rotatable bonds is 4. The Labute approximate surface area is 123 Å². The van der Waals surface area contributed by atoms with Crippen LogP contribution in [0.2, 0.25) is 0 Å². The maximum atomic E-state index is 10.9. The number of carboxylic acids is 1. The fourth-order valence-electron chi connectivity index (χ4n) is 2.76. The highest BCUT2D eigenvalue weighted by atomic mass is 16.5. The minimum Gasteiger partial charge on any atom is -0.493 e. The van der Waals surface area contributed by atoms with E-state index in [2.05, 4.69) is 16.9 Å². The molecule has 1 saturated heterocycles. The van der Waals surface area contributed by atoms with Crippen molar-refractivity contribution in [3.8, 4) is 5.75 Å². The molecular formula is C16H20N2O3. The molecule has 1 aliphatic heterocycles. The normalized spacial score (nSPS) is 17.2. The molecule has 1 aromatic carbocycles. The average molecular weight is 288 g/mol. The molecule has 1 fully saturated rings. The van der Waals surface area contributed by atoms with E-state index in [0.29, 0.717) is 5.92 Å². The summed E-state index contributed by atoms with van der Waals surface area (Å²) in [4.78, 5) is 16.2. The summed E-state index contributed by atoms with van der Waals surface area (Å²) < 4.78 is 5.88. The fraction of sp³-hybridized carbons (Fsp3) is 0.438. The summed E-state index contributed by atoms with van der Waals surface area (Å²) in [6.45, 7) is 3.00. The zero-order chi connectivity index (χ0) is 14.8. The quantitative estimate of drug-likeness (QED) is 0.907. The first kappa shape index (κ1) is 13.9. The number of ether oxygens (including phenoxy) is 1. The highest BCUT2D eigenvalue weighted by Crippen LogP contribution is 2.23. The van der Waals surface area contributed by atoms with Gasteiger partial charge in [-0.2, -0.15) is 0 Å². The minimum absolute atomic E-state index is 0.206. The average Bonchev–Trinajstić information content (AvgIpc) is 2.90. The molecule has 3 rings (SSSR count). The van der Waals surface area contributed by atoms with Crippen molar-refractivity contribution in [2.24, 2.45) is 5.92 Å². The van der Waals surface area contributed by atoms with Gasteiger partial charge in [0, 0.05) is 10.9 Å². The summed E-state index contributed by atoms with van der Waals surface area (Å²) in [6, 6.07) is 7.29. The molecule has 5 heteroatoms. The number of likely N-dealkylation sites (tertiary alicyclic amines) is 1. The molecule has 1 aromatic heterocycles. The van der Waals surface area contributed by atoms with Crippen LogP contribution in [0, 0.1) is 5.92 Å². The van der Waals surface area contributed by atoms with Gasteiger partial charge in [-0.3, -0.25) is 0 Å². The Morgan fingerprint density at radius 2 is 2.14 bits per heavy atom. The van der Waals surface area contributed by atoms with E-state index in [1.807, 2.05) is 18.2 Å². The highest BCUT2D eigenvalue weighted by Gasteiger charge is 2.17. The van der Waals surface area contributed by atoms with Crippen LogP contribution < -0.4 is 4.74 Å². The number of aromatic carboxylic acids is 1. The van der Waals surface area contributed by atoms with E-state index in [1.165, 1.54) is 12.8 Å². The van der Waals surface area contributed by atoms with Crippen LogP contribution >= 0.6 is 0 Å². The summed E-state index contributed by atoms with van der Waals surface area (Å²) in [5.41, 5.74) is 1.02. The van der Waals surface area contributed by atoms with Gasteiger partial charge in [-0.1, -0.05) is 0 Å². The predicted molar refractivity (Wildman–Crippen MR) is 81.0 cm³/mol. The van der Waals surface area contributed by atoms with E-state index in [4.69, 9.17) is 9.84 Å². The van der Waals surface area contributed by atoms with E-state index < -0.39 is 5.97 Å². The summed E-state index contributed by atoms with van der Waals surface area (Å²) in [7, 11) is 2.15. The van der Waals surface area contributed by atoms with Crippen LogP contribution in [-0.2, 0) is 0 Å². The van der Waals surface area contributed by atoms with Gasteiger partial charge < -0.3 is 19.7 Å². The van der Waals surface area contributed by atoms with E-state index >= 15 is 0 Å². The number of hydrogen-bond donors (Lipinski definition) is 2. The Kier molecular flexibility index (Phi) is 3.84. The van der Waals surface area contributed by atoms with Gasteiger partial charge in [0.1, 0.15) is 11.4 Å². The Hall–Kier alpha value is -2.01. The van der Waals surface area contributed by atoms with Gasteiger partial charge >= 0.3 is 5.97 Å². The number of fused-ring (bicyclic) bond motifs is 1. The molecule has 2 aromatic rings. The number of carboxylic acid groups (broad SMARTS) is 1. The lowest BCUT2D eigenvalue weighted by atomic mass is 9.98. The summed E-state index contributed by atoms with van der Waals surface area (Å²) in [6.07, 6.45) is 2.35. The number of aromatic nitrogens is 1. The van der Waals surface area contributed by atoms with Gasteiger partial charge in [-0.05, 0) is 63.2 Å². The molecular weight excluding hydrogens is 268 g/mol. The van der Waals surface area contributed by atoms with Crippen molar-refractivity contribution in [2.75, 3.05) is 26.7 Å². The first-order valence-corrected chi connectivity index (χ1v) is 7.29. The molecule has 0 bridgehead atoms. The van der Waals surface area contributed by atoms with Crippen molar-refractivity contribution >= 4 is 16.9 Å². The Balaban J connectivity index is 1.65. The third-order valence-corrected chi connectivity index (χ3v) is 4.15. The molecule has 0 unspecified atom stereocenters. The number of piperidine rings is 1. The Bertz CT molecular complexity index is 642. The standard InChI is InChI=1S/C16H20N2O3/c1-18-6-4-11(5-7-18)10-21-13-2-3-14-12(8-13)9-15(17-14)16(19)20/h2-3,8-9,11,17H,4-7,10H2,1H3,(H,19,20). The monoisotopic (exact) mass is 288 g/mol. The Morgan fingerprint density at radius 3 is 2.86 bits per heavy atom. The molecule has 0 aliphatic carbocycles. The summed E-state index contributed by atoms with van der Waals surface area (Å²) in [5, 5.41) is 9.85. The van der Waals surface area contributed by atoms with Crippen LogP contribution in [0.15, 0.2) is 24.3 Å². The van der Waals surface area contributed by atoms with E-state index in [-0.39, 0.29) is 5.69 Å². The number of aromatic amines is 1. The van der Waals surface area contributed by atoms with E-state index in [0.717, 1.165) is 36.3 Å². The summed E-state index contributed by atoms with van der Waals surface area (Å²) >= 11 is 0. The molecule has 1 aliphatic rings. The number of H-pyrrole nitrogens is 1. The van der Waals surface area contributed by atoms with Crippen molar-refractivity contribution in [1.82, 2.24) is 9.88 Å². The molecule has 21 heavy (non-hydrogen) atoms. The number of carbonyl (C=O) groups is 1. The maximum Gasteiger partial charge on any atom is 0.352 e. The van der Waals surface area contributed by atoms with Crippen molar-refractivity contribution in [2.45, 2.75) is 12.8 Å². The lowest BCUT2D eigenvalue weighted by molar-refractivity contribution is 0.0691. The van der Waals surface area contributed by atoms with Gasteiger partial charge in [0.2, 0.25) is 0 Å². The molecule has 112 valence electrons. The second-order valence-electron chi connectivity index (χ2n) is 5.79. The van der Waals surface area contributed by atoms with Gasteiger partial charge in [-0.25, -0.2) is 4.79 Å². The topological polar surface area (TPSA) is 65.6 Å². The zero-order valence-corrected chi connectivity index (χ0v) is 12.1. The molecule has 0 atom stereocenters. The maximum absolute atomic E-state index is 10.9. The SMILES string of the molecule is CN1CCC(COc2ccc3[nH]c(C(=O)O)cc3c2)CC1. The van der Waals surface area contributed by atoms with Gasteiger partial charge in [-0.15, -0.1) is 0 Å². The smallest absolute Gasteiger partial charge is 0.352 e. The predicted octanol–water partition coefficient (Wildman–Crippen LogP) is 2.59. The molecule has 0 amide bonds. The third-order valence-electron chi connectivity index (χ3n) is 4.15. The molecule has 2 heterocycles. The lowest BCUT2D eigenvalue weighted by Crippen LogP contribution is -2.32. The van der Waals surface area contributed by atoms with Crippen LogP contribution in [0.4, 0.5) is 0 Å². The molecule has 2 N–H and O–H groups in total.